The van der Waals surface area contributed by atoms with E-state index in [0.29, 0.717) is 6.42 Å². The van der Waals surface area contributed by atoms with Crippen LogP contribution in [0.4, 0.5) is 4.79 Å². The molecule has 0 aromatic heterocycles. The van der Waals surface area contributed by atoms with Gasteiger partial charge >= 0.3 is 6.03 Å². The van der Waals surface area contributed by atoms with Gasteiger partial charge in [0.2, 0.25) is 0 Å². The molecule has 2 N–H and O–H groups in total. The van der Waals surface area contributed by atoms with Crippen molar-refractivity contribution in [3.8, 4) is 0 Å². The molecular weight excluding hydrogens is 170 g/mol. The number of hydrogen-bond donors (Lipinski definition) is 2. The minimum Gasteiger partial charge on any atom is -0.324 e. The highest BCUT2D eigenvalue weighted by Crippen LogP contribution is 2.14. The van der Waals surface area contributed by atoms with Crippen LogP contribution in [-0.2, 0) is 4.79 Å². The van der Waals surface area contributed by atoms with Gasteiger partial charge in [-0.05, 0) is 27.4 Å². The average Bonchev–Trinajstić information content (AvgIpc) is 2.23. The lowest BCUT2D eigenvalue weighted by molar-refractivity contribution is -0.123. The summed E-state index contributed by atoms with van der Waals surface area (Å²) in [4.78, 5) is 24.1. The summed E-state index contributed by atoms with van der Waals surface area (Å²) in [6.07, 6.45) is 0.623. The van der Waals surface area contributed by atoms with Gasteiger partial charge in [0, 0.05) is 6.54 Å². The zero-order chi connectivity index (χ0) is 10.1. The molecule has 13 heavy (non-hydrogen) atoms. The lowest BCUT2D eigenvalue weighted by atomic mass is 9.98. The summed E-state index contributed by atoms with van der Waals surface area (Å²) in [5, 5.41) is 4.83. The predicted octanol–water partition coefficient (Wildman–Crippen LogP) is -0.464. The molecule has 1 aliphatic heterocycles. The van der Waals surface area contributed by atoms with Crippen LogP contribution in [0.2, 0.25) is 0 Å². The van der Waals surface area contributed by atoms with Gasteiger partial charge in [-0.2, -0.15) is 0 Å². The second-order valence-electron chi connectivity index (χ2n) is 3.79. The highest BCUT2D eigenvalue weighted by Gasteiger charge is 2.41. The van der Waals surface area contributed by atoms with E-state index in [9.17, 15) is 9.59 Å². The van der Waals surface area contributed by atoms with Crippen LogP contribution in [0.3, 0.4) is 0 Å². The number of carbonyl (C=O) groups excluding carboxylic acids is 2. The van der Waals surface area contributed by atoms with Gasteiger partial charge in [-0.25, -0.2) is 4.79 Å². The van der Waals surface area contributed by atoms with Crippen molar-refractivity contribution in [2.75, 3.05) is 20.6 Å². The molecule has 3 amide bonds. The van der Waals surface area contributed by atoms with Crippen LogP contribution in [0.15, 0.2) is 0 Å². The number of rotatable bonds is 3. The summed E-state index contributed by atoms with van der Waals surface area (Å²) in [6.45, 7) is 2.50. The minimum atomic E-state index is -0.735. The lowest BCUT2D eigenvalue weighted by Crippen LogP contribution is -2.45. The Kier molecular flexibility index (Phi) is 2.56. The SMILES string of the molecule is CN(C)CCC1(C)NC(=O)NC1=O. The van der Waals surface area contributed by atoms with E-state index in [4.69, 9.17) is 0 Å². The van der Waals surface area contributed by atoms with Crippen molar-refractivity contribution in [1.29, 1.82) is 0 Å². The molecule has 1 atom stereocenters. The van der Waals surface area contributed by atoms with E-state index in [-0.39, 0.29) is 5.91 Å². The number of nitrogens with one attached hydrogen (secondary N) is 2. The predicted molar refractivity (Wildman–Crippen MR) is 48.3 cm³/mol. The molecule has 0 aliphatic carbocycles. The van der Waals surface area contributed by atoms with E-state index in [1.54, 1.807) is 6.92 Å². The van der Waals surface area contributed by atoms with E-state index < -0.39 is 11.6 Å². The van der Waals surface area contributed by atoms with E-state index in [1.807, 2.05) is 19.0 Å². The van der Waals surface area contributed by atoms with Crippen molar-refractivity contribution in [2.24, 2.45) is 0 Å². The second kappa shape index (κ2) is 3.33. The van der Waals surface area contributed by atoms with Gasteiger partial charge < -0.3 is 10.2 Å². The Labute approximate surface area is 77.5 Å². The quantitative estimate of drug-likeness (QED) is 0.585. The first-order chi connectivity index (χ1) is 5.94. The summed E-state index contributed by atoms with van der Waals surface area (Å²) < 4.78 is 0. The standard InChI is InChI=1S/C8H15N3O2/c1-8(4-5-11(2)3)6(12)9-7(13)10-8/h4-5H2,1-3H3,(H2,9,10,12,13). The Morgan fingerprint density at radius 3 is 2.38 bits per heavy atom. The van der Waals surface area contributed by atoms with Gasteiger partial charge in [0.1, 0.15) is 5.54 Å². The van der Waals surface area contributed by atoms with Crippen LogP contribution in [0.1, 0.15) is 13.3 Å². The largest absolute Gasteiger partial charge is 0.324 e. The first-order valence-corrected chi connectivity index (χ1v) is 4.22. The molecule has 0 spiro atoms. The fraction of sp³-hybridized carbons (Fsp3) is 0.750. The maximum absolute atomic E-state index is 11.3. The van der Waals surface area contributed by atoms with E-state index >= 15 is 0 Å². The molecule has 0 radical (unpaired) electrons. The van der Waals surface area contributed by atoms with Gasteiger partial charge in [-0.1, -0.05) is 0 Å². The van der Waals surface area contributed by atoms with Crippen LogP contribution >= 0.6 is 0 Å². The Hall–Kier alpha value is -1.10. The zero-order valence-corrected chi connectivity index (χ0v) is 8.18. The summed E-state index contributed by atoms with van der Waals surface area (Å²) in [7, 11) is 3.86. The van der Waals surface area contributed by atoms with Crippen molar-refractivity contribution >= 4 is 11.9 Å². The molecule has 74 valence electrons. The smallest absolute Gasteiger partial charge is 0.322 e. The molecule has 1 unspecified atom stereocenters. The van der Waals surface area contributed by atoms with Crippen molar-refractivity contribution < 1.29 is 9.59 Å². The number of urea groups is 1. The second-order valence-corrected chi connectivity index (χ2v) is 3.79. The summed E-state index contributed by atoms with van der Waals surface area (Å²) in [6, 6.07) is -0.397. The van der Waals surface area contributed by atoms with Gasteiger partial charge in [0.05, 0.1) is 0 Å². The van der Waals surface area contributed by atoms with Crippen LogP contribution in [-0.4, -0.2) is 43.0 Å². The number of amides is 3. The molecule has 1 fully saturated rings. The molecular formula is C8H15N3O2. The molecule has 0 bridgehead atoms. The fourth-order valence-electron chi connectivity index (χ4n) is 1.20. The zero-order valence-electron chi connectivity index (χ0n) is 8.18. The van der Waals surface area contributed by atoms with Crippen molar-refractivity contribution in [2.45, 2.75) is 18.9 Å². The van der Waals surface area contributed by atoms with Gasteiger partial charge in [-0.3, -0.25) is 10.1 Å². The lowest BCUT2D eigenvalue weighted by Gasteiger charge is -2.22. The van der Waals surface area contributed by atoms with Crippen LogP contribution < -0.4 is 10.6 Å². The third kappa shape index (κ3) is 2.18. The third-order valence-electron chi connectivity index (χ3n) is 2.18. The Morgan fingerprint density at radius 1 is 1.38 bits per heavy atom. The number of hydrogen-bond acceptors (Lipinski definition) is 3. The molecule has 5 nitrogen and oxygen atoms in total. The maximum atomic E-state index is 11.3. The van der Waals surface area contributed by atoms with Gasteiger partial charge in [-0.15, -0.1) is 0 Å². The summed E-state index contributed by atoms with van der Waals surface area (Å²) in [5.41, 5.74) is -0.735. The Morgan fingerprint density at radius 2 is 2.00 bits per heavy atom. The normalized spacial score (nSPS) is 27.7. The first-order valence-electron chi connectivity index (χ1n) is 4.22. The highest BCUT2D eigenvalue weighted by atomic mass is 16.2. The fourth-order valence-corrected chi connectivity index (χ4v) is 1.20. The molecule has 1 saturated heterocycles. The van der Waals surface area contributed by atoms with Crippen molar-refractivity contribution in [3.63, 3.8) is 0 Å². The number of imide groups is 1. The van der Waals surface area contributed by atoms with Gasteiger partial charge in [0.15, 0.2) is 0 Å². The number of nitrogens with zero attached hydrogens (tertiary/aromatic N) is 1. The van der Waals surface area contributed by atoms with Crippen LogP contribution in [0, 0.1) is 0 Å². The molecule has 1 rings (SSSR count). The van der Waals surface area contributed by atoms with Crippen molar-refractivity contribution in [1.82, 2.24) is 15.5 Å². The topological polar surface area (TPSA) is 61.4 Å². The molecule has 1 heterocycles. The minimum absolute atomic E-state index is 0.237. The highest BCUT2D eigenvalue weighted by molar-refractivity contribution is 6.06. The molecule has 0 saturated carbocycles. The molecule has 1 aliphatic rings. The number of carbonyl (C=O) groups is 2. The Bertz CT molecular complexity index is 240. The maximum Gasteiger partial charge on any atom is 0.322 e. The van der Waals surface area contributed by atoms with E-state index in [0.717, 1.165) is 6.54 Å². The summed E-state index contributed by atoms with van der Waals surface area (Å²) in [5.74, 6) is -0.237. The molecule has 5 heteroatoms. The first kappa shape index (κ1) is 9.98. The average molecular weight is 185 g/mol. The van der Waals surface area contributed by atoms with Crippen molar-refractivity contribution in [3.05, 3.63) is 0 Å². The van der Waals surface area contributed by atoms with E-state index in [2.05, 4.69) is 10.6 Å². The molecule has 0 aromatic carbocycles. The van der Waals surface area contributed by atoms with Crippen LogP contribution in [0.25, 0.3) is 0 Å². The summed E-state index contributed by atoms with van der Waals surface area (Å²) >= 11 is 0. The Balaban J connectivity index is 2.55. The monoisotopic (exact) mass is 185 g/mol. The third-order valence-corrected chi connectivity index (χ3v) is 2.18. The van der Waals surface area contributed by atoms with Crippen LogP contribution in [0.5, 0.6) is 0 Å². The van der Waals surface area contributed by atoms with E-state index in [1.165, 1.54) is 0 Å². The molecule has 0 aromatic rings. The van der Waals surface area contributed by atoms with Gasteiger partial charge in [0.25, 0.3) is 5.91 Å².